The van der Waals surface area contributed by atoms with Crippen LogP contribution in [0.2, 0.25) is 0 Å². The molecule has 0 spiro atoms. The molecule has 4 rings (SSSR count). The molecule has 16 heteroatoms. The van der Waals surface area contributed by atoms with Crippen molar-refractivity contribution in [2.45, 2.75) is 57.8 Å². The minimum atomic E-state index is -4.09. The third-order valence-corrected chi connectivity index (χ3v) is 9.86. The summed E-state index contributed by atoms with van der Waals surface area (Å²) in [4.78, 5) is 34.9. The number of nitrogens with zero attached hydrogens (tertiary/aromatic N) is 3. The summed E-state index contributed by atoms with van der Waals surface area (Å²) in [5.41, 5.74) is 2.17. The number of nitrogens with two attached hydrogens (primary N) is 1. The van der Waals surface area contributed by atoms with E-state index in [0.29, 0.717) is 6.42 Å². The fraction of sp³-hybridized carbons (Fsp3) is 0.481. The van der Waals surface area contributed by atoms with Gasteiger partial charge in [0.05, 0.1) is 19.5 Å². The highest BCUT2D eigenvalue weighted by Gasteiger charge is 2.58. The molecule has 232 valence electrons. The van der Waals surface area contributed by atoms with E-state index in [0.717, 1.165) is 28.2 Å². The minimum Gasteiger partial charge on any atom is -0.386 e. The fourth-order valence-electron chi connectivity index (χ4n) is 4.14. The van der Waals surface area contributed by atoms with Crippen molar-refractivity contribution in [3.05, 3.63) is 52.6 Å². The van der Waals surface area contributed by atoms with Gasteiger partial charge in [0, 0.05) is 17.7 Å². The molecule has 5 N–H and O–H groups in total. The van der Waals surface area contributed by atoms with Crippen molar-refractivity contribution in [3.63, 3.8) is 0 Å². The van der Waals surface area contributed by atoms with Crippen LogP contribution in [0.25, 0.3) is 11.2 Å². The number of alkyl halides is 1. The van der Waals surface area contributed by atoms with Crippen molar-refractivity contribution >= 4 is 41.7 Å². The smallest absolute Gasteiger partial charge is 0.386 e. The number of aliphatic hydroxyl groups is 1. The van der Waals surface area contributed by atoms with Gasteiger partial charge in [-0.05, 0) is 12.0 Å². The monoisotopic (exact) mass is 636 g/mol. The van der Waals surface area contributed by atoms with E-state index in [1.54, 1.807) is 24.3 Å². The summed E-state index contributed by atoms with van der Waals surface area (Å²) in [6.45, 7) is 5.00. The van der Waals surface area contributed by atoms with Crippen LogP contribution in [0.4, 0.5) is 10.3 Å². The molecule has 1 fully saturated rings. The summed E-state index contributed by atoms with van der Waals surface area (Å²) < 4.78 is 47.9. The molecule has 2 aromatic heterocycles. The lowest BCUT2D eigenvalue weighted by molar-refractivity contribution is -0.118. The number of aromatic amines is 1. The van der Waals surface area contributed by atoms with E-state index < -0.39 is 49.4 Å². The maximum atomic E-state index is 16.1. The summed E-state index contributed by atoms with van der Waals surface area (Å²) >= 11 is 1.06. The predicted octanol–water partition coefficient (Wildman–Crippen LogP) is 2.93. The number of carbonyl (C=O) groups is 1. The van der Waals surface area contributed by atoms with Gasteiger partial charge in [-0.3, -0.25) is 28.2 Å². The van der Waals surface area contributed by atoms with E-state index in [-0.39, 0.29) is 41.1 Å². The molecular formula is C27H34FN6O7PS. The summed E-state index contributed by atoms with van der Waals surface area (Å²) in [6, 6.07) is 9.05. The number of H-pyrrole nitrogens is 1. The number of benzene rings is 1. The first-order valence-electron chi connectivity index (χ1n) is 13.4. The molecule has 1 saturated heterocycles. The van der Waals surface area contributed by atoms with E-state index in [1.807, 2.05) is 32.8 Å². The van der Waals surface area contributed by atoms with Gasteiger partial charge in [0.1, 0.15) is 12.2 Å². The largest absolute Gasteiger partial charge is 0.405 e. The van der Waals surface area contributed by atoms with Gasteiger partial charge in [0.25, 0.3) is 5.56 Å². The van der Waals surface area contributed by atoms with E-state index in [4.69, 9.17) is 25.9 Å². The van der Waals surface area contributed by atoms with E-state index in [1.165, 1.54) is 0 Å². The third-order valence-electron chi connectivity index (χ3n) is 7.11. The maximum Gasteiger partial charge on any atom is 0.405 e. The SMILES string of the molecule is C#CC1(F)[C@@H](O)[C@@H](COP(=O)(NCc2ccccc2)OCCSC(=O)C(C)(C)CC)O[C@H]1n1cnc2c(=O)[nH]c(N)nc21. The molecule has 43 heavy (non-hydrogen) atoms. The lowest BCUT2D eigenvalue weighted by atomic mass is 9.92. The number of hydrogen-bond acceptors (Lipinski definition) is 11. The number of hydrogen-bond donors (Lipinski definition) is 4. The lowest BCUT2D eigenvalue weighted by Gasteiger charge is -2.24. The molecule has 13 nitrogen and oxygen atoms in total. The van der Waals surface area contributed by atoms with Crippen molar-refractivity contribution in [1.29, 1.82) is 0 Å². The molecule has 0 bridgehead atoms. The lowest BCUT2D eigenvalue weighted by Crippen LogP contribution is -2.42. The van der Waals surface area contributed by atoms with Crippen LogP contribution < -0.4 is 16.4 Å². The molecule has 2 unspecified atom stereocenters. The van der Waals surface area contributed by atoms with Crippen LogP contribution in [0.5, 0.6) is 0 Å². The van der Waals surface area contributed by atoms with Crippen molar-refractivity contribution in [1.82, 2.24) is 24.6 Å². The zero-order valence-corrected chi connectivity index (χ0v) is 25.6. The molecule has 3 aromatic rings. The van der Waals surface area contributed by atoms with Crippen LogP contribution in [0.15, 0.2) is 41.5 Å². The molecule has 1 aliphatic rings. The number of halogens is 1. The van der Waals surface area contributed by atoms with Crippen LogP contribution in [0, 0.1) is 17.8 Å². The Morgan fingerprint density at radius 2 is 2.12 bits per heavy atom. The van der Waals surface area contributed by atoms with Gasteiger partial charge < -0.3 is 15.6 Å². The molecule has 5 atom stereocenters. The zero-order chi connectivity index (χ0) is 31.4. The third kappa shape index (κ3) is 7.18. The summed E-state index contributed by atoms with van der Waals surface area (Å²) in [6.07, 6.45) is 2.20. The molecule has 3 heterocycles. The van der Waals surface area contributed by atoms with Gasteiger partial charge in [-0.15, -0.1) is 6.42 Å². The Labute approximate surface area is 251 Å². The number of thioether (sulfide) groups is 1. The number of nitrogens with one attached hydrogen (secondary N) is 2. The molecule has 1 aromatic carbocycles. The first kappa shape index (κ1) is 32.8. The Hall–Kier alpha value is -3.09. The van der Waals surface area contributed by atoms with Crippen LogP contribution >= 0.6 is 19.5 Å². The van der Waals surface area contributed by atoms with E-state index in [2.05, 4.69) is 20.0 Å². The van der Waals surface area contributed by atoms with Crippen molar-refractivity contribution in [3.8, 4) is 12.3 Å². The number of imidazole rings is 1. The molecule has 0 saturated carbocycles. The highest BCUT2D eigenvalue weighted by Crippen LogP contribution is 2.47. The second-order valence-electron chi connectivity index (χ2n) is 10.5. The average molecular weight is 637 g/mol. The Kier molecular flexibility index (Phi) is 10.1. The Morgan fingerprint density at radius 3 is 2.79 bits per heavy atom. The van der Waals surface area contributed by atoms with E-state index >= 15 is 4.39 Å². The molecule has 0 radical (unpaired) electrons. The number of anilines is 1. The normalized spacial score (nSPS) is 23.7. The Morgan fingerprint density at radius 1 is 1.40 bits per heavy atom. The number of aromatic nitrogens is 4. The van der Waals surface area contributed by atoms with Crippen molar-refractivity contribution < 1.29 is 32.6 Å². The number of terminal acetylenes is 1. The van der Waals surface area contributed by atoms with Crippen molar-refractivity contribution in [2.75, 3.05) is 24.7 Å². The molecule has 0 aliphatic carbocycles. The van der Waals surface area contributed by atoms with Gasteiger partial charge in [0.2, 0.25) is 11.6 Å². The summed E-state index contributed by atoms with van der Waals surface area (Å²) in [5.74, 6) is 1.89. The van der Waals surface area contributed by atoms with Gasteiger partial charge in [-0.2, -0.15) is 4.98 Å². The van der Waals surface area contributed by atoms with Crippen LogP contribution in [-0.4, -0.2) is 66.6 Å². The topological polar surface area (TPSA) is 184 Å². The quantitative estimate of drug-likeness (QED) is 0.122. The highest BCUT2D eigenvalue weighted by atomic mass is 32.2. The second kappa shape index (κ2) is 13.3. The predicted molar refractivity (Wildman–Crippen MR) is 159 cm³/mol. The number of nitrogen functional groups attached to an aromatic ring is 1. The summed E-state index contributed by atoms with van der Waals surface area (Å²) in [5, 5.41) is 13.6. The summed E-state index contributed by atoms with van der Waals surface area (Å²) in [7, 11) is -4.09. The Bertz CT molecular complexity index is 1600. The van der Waals surface area contributed by atoms with Crippen LogP contribution in [-0.2, 0) is 29.7 Å². The first-order chi connectivity index (χ1) is 20.3. The minimum absolute atomic E-state index is 0.0288. The van der Waals surface area contributed by atoms with Gasteiger partial charge in [-0.1, -0.05) is 68.8 Å². The highest BCUT2D eigenvalue weighted by molar-refractivity contribution is 8.13. The zero-order valence-electron chi connectivity index (χ0n) is 23.9. The van der Waals surface area contributed by atoms with E-state index in [9.17, 15) is 19.3 Å². The molecule has 0 amide bonds. The standard InChI is InChI=1S/C27H34FN6O7PS/c1-5-26(3,4)24(37)43-13-12-39-42(38,31-14-17-10-8-7-9-11-17)40-15-18-20(35)27(28,6-2)23(41-18)34-16-30-19-21(34)32-25(29)33-22(19)36/h2,7-11,16,18,20,23,35H,5,12-15H2,1,3-4H3,(H,31,38)(H3,29,32,33,36)/t18-,20+,23-,27?,42?/m1/s1. The number of carbonyl (C=O) groups excluding carboxylic acids is 1. The molecular weight excluding hydrogens is 602 g/mol. The van der Waals surface area contributed by atoms with Gasteiger partial charge >= 0.3 is 7.75 Å². The van der Waals surface area contributed by atoms with Crippen molar-refractivity contribution in [2.24, 2.45) is 5.41 Å². The van der Waals surface area contributed by atoms with Crippen LogP contribution in [0.3, 0.4) is 0 Å². The maximum absolute atomic E-state index is 16.1. The average Bonchev–Trinajstić information content (AvgIpc) is 3.52. The molecule has 1 aliphatic heterocycles. The van der Waals surface area contributed by atoms with Crippen LogP contribution in [0.1, 0.15) is 39.0 Å². The number of aliphatic hydroxyl groups excluding tert-OH is 1. The fourth-order valence-corrected chi connectivity index (χ4v) is 6.46. The first-order valence-corrected chi connectivity index (χ1v) is 15.9. The number of ether oxygens (including phenoxy) is 1. The van der Waals surface area contributed by atoms with Gasteiger partial charge in [0.15, 0.2) is 22.5 Å². The van der Waals surface area contributed by atoms with Gasteiger partial charge in [-0.25, -0.2) is 19.0 Å². The second-order valence-corrected chi connectivity index (χ2v) is 13.4. The number of rotatable bonds is 13. The Balaban J connectivity index is 1.49. The number of fused-ring (bicyclic) bond motifs is 1.